The number of ether oxygens (including phenoxy) is 1. The third-order valence-electron chi connectivity index (χ3n) is 6.70. The van der Waals surface area contributed by atoms with Crippen LogP contribution >= 0.6 is 0 Å². The minimum Gasteiger partial charge on any atom is -0.478 e. The minimum absolute atomic E-state index is 0.175. The van der Waals surface area contributed by atoms with Crippen LogP contribution in [0.1, 0.15) is 47.2 Å². The van der Waals surface area contributed by atoms with Crippen LogP contribution in [0.2, 0.25) is 0 Å². The van der Waals surface area contributed by atoms with E-state index in [0.29, 0.717) is 46.2 Å². The van der Waals surface area contributed by atoms with E-state index in [1.807, 2.05) is 0 Å². The second-order valence-corrected chi connectivity index (χ2v) is 9.10. The highest BCUT2D eigenvalue weighted by Gasteiger charge is 2.40. The first-order chi connectivity index (χ1) is 18.7. The highest BCUT2D eigenvalue weighted by molar-refractivity contribution is 6.01. The Hall–Kier alpha value is -4.54. The number of nitrogens with zero attached hydrogens (tertiary/aromatic N) is 3. The highest BCUT2D eigenvalue weighted by atomic mass is 19.4. The molecule has 0 bridgehead atoms. The van der Waals surface area contributed by atoms with Crippen LogP contribution in [0.5, 0.6) is 6.01 Å². The van der Waals surface area contributed by atoms with Crippen molar-refractivity contribution in [3.8, 4) is 6.01 Å². The van der Waals surface area contributed by atoms with Gasteiger partial charge in [0.2, 0.25) is 5.95 Å². The Bertz CT molecular complexity index is 1600. The Balaban J connectivity index is 1.82. The molecule has 0 amide bonds. The molecular weight excluding hydrogens is 516 g/mol. The molecule has 1 fully saturated rings. The van der Waals surface area contributed by atoms with Gasteiger partial charge in [-0.1, -0.05) is 36.8 Å². The quantitative estimate of drug-likeness (QED) is 0.209. The van der Waals surface area contributed by atoms with Gasteiger partial charge in [-0.3, -0.25) is 5.10 Å². The Morgan fingerprint density at radius 3 is 2.46 bits per heavy atom. The number of allylic oxidation sites excluding steroid dienone is 1. The van der Waals surface area contributed by atoms with Gasteiger partial charge in [0, 0.05) is 17.8 Å². The van der Waals surface area contributed by atoms with E-state index in [-0.39, 0.29) is 16.9 Å². The smallest absolute Gasteiger partial charge is 0.434 e. The number of fused-ring (bicyclic) bond motifs is 1. The van der Waals surface area contributed by atoms with Crippen molar-refractivity contribution in [3.05, 3.63) is 88.6 Å². The molecule has 0 atom stereocenters. The molecule has 0 radical (unpaired) electrons. The number of rotatable bonds is 7. The molecule has 2 aromatic heterocycles. The number of hydrogen-bond acceptors (Lipinski definition) is 5. The molecule has 1 aliphatic carbocycles. The predicted octanol–water partition coefficient (Wildman–Crippen LogP) is 6.38. The van der Waals surface area contributed by atoms with Crippen molar-refractivity contribution in [3.63, 3.8) is 0 Å². The molecular formula is C28H22F4N4O3. The third-order valence-corrected chi connectivity index (χ3v) is 6.70. The maximum Gasteiger partial charge on any atom is 0.434 e. The molecule has 0 spiro atoms. The largest absolute Gasteiger partial charge is 0.478 e. The molecule has 1 saturated carbocycles. The lowest BCUT2D eigenvalue weighted by molar-refractivity contribution is -0.141. The zero-order valence-corrected chi connectivity index (χ0v) is 20.6. The number of benzene rings is 2. The normalized spacial score (nSPS) is 14.9. The van der Waals surface area contributed by atoms with Crippen molar-refractivity contribution in [1.29, 1.82) is 0 Å². The Labute approximate surface area is 219 Å². The van der Waals surface area contributed by atoms with Gasteiger partial charge in [0.25, 0.3) is 0 Å². The standard InChI is InChI=1S/C28H22F4N4O3/c1-39-27-33-14-20(25(34-27)28(30,31)32)24(16-3-2-4-16)23(17-8-5-15(6-9-17)7-12-22(37)38)18-10-11-21-19(13-18)26(29)36-35-21/h5-14,16H,2-4H2,1H3,(H,35,36)(H,37,38)/b12-7+,24-23+. The predicted molar refractivity (Wildman–Crippen MR) is 136 cm³/mol. The molecule has 0 aliphatic heterocycles. The first kappa shape index (κ1) is 26.1. The van der Waals surface area contributed by atoms with Crippen molar-refractivity contribution >= 4 is 34.1 Å². The van der Waals surface area contributed by atoms with Gasteiger partial charge in [-0.05, 0) is 64.8 Å². The number of aromatic amines is 1. The maximum atomic E-state index is 14.5. The fraction of sp³-hybridized carbons (Fsp3) is 0.214. The molecule has 11 heteroatoms. The number of alkyl halides is 3. The number of methoxy groups -OCH3 is 1. The van der Waals surface area contributed by atoms with Gasteiger partial charge in [0.05, 0.1) is 18.0 Å². The van der Waals surface area contributed by atoms with Crippen LogP contribution in [-0.2, 0) is 11.0 Å². The van der Waals surface area contributed by atoms with E-state index in [9.17, 15) is 22.4 Å². The zero-order valence-electron chi connectivity index (χ0n) is 20.6. The number of carbonyl (C=O) groups is 1. The van der Waals surface area contributed by atoms with Crippen LogP contribution in [0.4, 0.5) is 17.6 Å². The molecule has 7 nitrogen and oxygen atoms in total. The number of H-pyrrole nitrogens is 1. The number of hydrogen-bond donors (Lipinski definition) is 2. The average Bonchev–Trinajstić information content (AvgIpc) is 3.26. The van der Waals surface area contributed by atoms with E-state index in [2.05, 4.69) is 20.2 Å². The third kappa shape index (κ3) is 5.25. The SMILES string of the molecule is COc1ncc(/C(=C(\c2ccc(/C=C/C(=O)O)cc2)c2ccc3n[nH]c(F)c3c2)C2CCC2)c(C(F)(F)F)n1. The molecule has 2 aromatic carbocycles. The summed E-state index contributed by atoms with van der Waals surface area (Å²) >= 11 is 0. The monoisotopic (exact) mass is 538 g/mol. The number of carboxylic acids is 1. The molecule has 2 N–H and O–H groups in total. The van der Waals surface area contributed by atoms with Crippen LogP contribution in [0.15, 0.2) is 54.7 Å². The minimum atomic E-state index is -4.79. The second kappa shape index (κ2) is 10.3. The summed E-state index contributed by atoms with van der Waals surface area (Å²) in [5.74, 6) is -1.99. The lowest BCUT2D eigenvalue weighted by Crippen LogP contribution is -2.20. The number of halogens is 4. The Kier molecular flexibility index (Phi) is 6.90. The van der Waals surface area contributed by atoms with Crippen LogP contribution in [0.3, 0.4) is 0 Å². The van der Waals surface area contributed by atoms with Crippen molar-refractivity contribution < 1.29 is 32.2 Å². The zero-order chi connectivity index (χ0) is 27.7. The lowest BCUT2D eigenvalue weighted by atomic mass is 9.73. The molecule has 1 aliphatic rings. The number of nitrogens with one attached hydrogen (secondary N) is 1. The molecule has 0 unspecified atom stereocenters. The van der Waals surface area contributed by atoms with Crippen LogP contribution < -0.4 is 4.74 Å². The van der Waals surface area contributed by atoms with E-state index in [4.69, 9.17) is 9.84 Å². The van der Waals surface area contributed by atoms with Crippen molar-refractivity contribution in [2.24, 2.45) is 5.92 Å². The maximum absolute atomic E-state index is 14.5. The molecule has 200 valence electrons. The van der Waals surface area contributed by atoms with Gasteiger partial charge in [0.1, 0.15) is 0 Å². The van der Waals surface area contributed by atoms with Crippen molar-refractivity contribution in [1.82, 2.24) is 20.2 Å². The summed E-state index contributed by atoms with van der Waals surface area (Å²) in [6.45, 7) is 0. The van der Waals surface area contributed by atoms with Gasteiger partial charge in [0.15, 0.2) is 5.69 Å². The molecule has 39 heavy (non-hydrogen) atoms. The number of aliphatic carboxylic acids is 1. The van der Waals surface area contributed by atoms with Gasteiger partial charge < -0.3 is 9.84 Å². The van der Waals surface area contributed by atoms with Crippen molar-refractivity contribution in [2.45, 2.75) is 25.4 Å². The summed E-state index contributed by atoms with van der Waals surface area (Å²) in [6.07, 6.45) is 0.892. The molecule has 0 saturated heterocycles. The van der Waals surface area contributed by atoms with Crippen molar-refractivity contribution in [2.75, 3.05) is 7.11 Å². The average molecular weight is 539 g/mol. The van der Waals surface area contributed by atoms with Gasteiger partial charge in [-0.2, -0.15) is 27.6 Å². The highest BCUT2D eigenvalue weighted by Crippen LogP contribution is 2.48. The fourth-order valence-electron chi connectivity index (χ4n) is 4.67. The van der Waals surface area contributed by atoms with Gasteiger partial charge in [-0.15, -0.1) is 0 Å². The molecule has 5 rings (SSSR count). The Morgan fingerprint density at radius 1 is 1.13 bits per heavy atom. The van der Waals surface area contributed by atoms with Crippen LogP contribution in [-0.4, -0.2) is 38.4 Å². The van der Waals surface area contributed by atoms with E-state index < -0.39 is 29.8 Å². The first-order valence-electron chi connectivity index (χ1n) is 12.0. The van der Waals surface area contributed by atoms with Gasteiger partial charge >= 0.3 is 18.2 Å². The molecule has 4 aromatic rings. The second-order valence-electron chi connectivity index (χ2n) is 9.10. The van der Waals surface area contributed by atoms with E-state index >= 15 is 0 Å². The fourth-order valence-corrected chi connectivity index (χ4v) is 4.67. The van der Waals surface area contributed by atoms with Crippen LogP contribution in [0.25, 0.3) is 28.1 Å². The summed E-state index contributed by atoms with van der Waals surface area (Å²) in [6, 6.07) is 11.2. The summed E-state index contributed by atoms with van der Waals surface area (Å²) in [5.41, 5.74) is 1.59. The van der Waals surface area contributed by atoms with E-state index in [1.165, 1.54) is 13.2 Å². The van der Waals surface area contributed by atoms with Gasteiger partial charge in [-0.25, -0.2) is 9.78 Å². The topological polar surface area (TPSA) is 101 Å². The first-order valence-corrected chi connectivity index (χ1v) is 12.0. The Morgan fingerprint density at radius 2 is 1.85 bits per heavy atom. The summed E-state index contributed by atoms with van der Waals surface area (Å²) in [7, 11) is 1.19. The summed E-state index contributed by atoms with van der Waals surface area (Å²) < 4.78 is 62.3. The summed E-state index contributed by atoms with van der Waals surface area (Å²) in [5, 5.41) is 15.3. The molecule has 2 heterocycles. The lowest BCUT2D eigenvalue weighted by Gasteiger charge is -2.32. The van der Waals surface area contributed by atoms with E-state index in [1.54, 1.807) is 42.5 Å². The van der Waals surface area contributed by atoms with Crippen LogP contribution in [0, 0.1) is 11.9 Å². The number of carboxylic acid groups (broad SMARTS) is 1. The number of aromatic nitrogens is 4. The summed E-state index contributed by atoms with van der Waals surface area (Å²) in [4.78, 5) is 18.6. The van der Waals surface area contributed by atoms with E-state index in [0.717, 1.165) is 18.7 Å².